The molecular weight excluding hydrogens is 452 g/mol. The van der Waals surface area contributed by atoms with Crippen molar-refractivity contribution in [3.8, 4) is 5.75 Å². The molecule has 5 rings (SSSR count). The van der Waals surface area contributed by atoms with Gasteiger partial charge in [0.25, 0.3) is 0 Å². The zero-order chi connectivity index (χ0) is 24.9. The Balaban J connectivity index is 1.40. The molecule has 0 atom stereocenters. The molecule has 9 heteroatoms. The van der Waals surface area contributed by atoms with E-state index in [1.807, 2.05) is 36.4 Å². The van der Waals surface area contributed by atoms with Crippen molar-refractivity contribution in [2.24, 2.45) is 0 Å². The zero-order valence-electron chi connectivity index (χ0n) is 20.8. The Bertz CT molecular complexity index is 1310. The summed E-state index contributed by atoms with van der Waals surface area (Å²) in [5.41, 5.74) is 4.26. The lowest BCUT2D eigenvalue weighted by molar-refractivity contribution is 0.415. The van der Waals surface area contributed by atoms with Gasteiger partial charge in [0.1, 0.15) is 17.4 Å². The van der Waals surface area contributed by atoms with Crippen LogP contribution in [0.1, 0.15) is 11.1 Å². The molecule has 0 spiro atoms. The van der Waals surface area contributed by atoms with E-state index in [9.17, 15) is 0 Å². The number of anilines is 6. The van der Waals surface area contributed by atoms with Crippen molar-refractivity contribution in [1.29, 1.82) is 0 Å². The maximum Gasteiger partial charge on any atom is 0.231 e. The van der Waals surface area contributed by atoms with Crippen molar-refractivity contribution >= 4 is 34.9 Å². The Labute approximate surface area is 211 Å². The Morgan fingerprint density at radius 3 is 2.25 bits per heavy atom. The third-order valence-corrected chi connectivity index (χ3v) is 6.15. The van der Waals surface area contributed by atoms with Gasteiger partial charge in [0, 0.05) is 56.0 Å². The second-order valence-corrected chi connectivity index (χ2v) is 8.75. The van der Waals surface area contributed by atoms with E-state index in [0.29, 0.717) is 5.95 Å². The van der Waals surface area contributed by atoms with Crippen molar-refractivity contribution in [1.82, 2.24) is 19.9 Å². The molecule has 0 saturated carbocycles. The fraction of sp³-hybridized carbons (Fsp3) is 0.259. The van der Waals surface area contributed by atoms with Crippen molar-refractivity contribution in [3.05, 3.63) is 78.1 Å². The lowest BCUT2D eigenvalue weighted by Gasteiger charge is -2.35. The van der Waals surface area contributed by atoms with Crippen LogP contribution in [-0.4, -0.2) is 53.2 Å². The van der Waals surface area contributed by atoms with Gasteiger partial charge in [0.2, 0.25) is 11.9 Å². The van der Waals surface area contributed by atoms with E-state index in [1.54, 1.807) is 19.5 Å². The summed E-state index contributed by atoms with van der Waals surface area (Å²) in [6.07, 6.45) is 3.56. The molecule has 0 radical (unpaired) electrons. The number of hydrogen-bond acceptors (Lipinski definition) is 9. The number of nitrogens with one attached hydrogen (secondary N) is 2. The van der Waals surface area contributed by atoms with Gasteiger partial charge in [-0.1, -0.05) is 12.1 Å². The van der Waals surface area contributed by atoms with Crippen LogP contribution in [0.4, 0.5) is 34.9 Å². The first-order chi connectivity index (χ1) is 17.6. The van der Waals surface area contributed by atoms with E-state index >= 15 is 0 Å². The number of ether oxygens (including phenoxy) is 1. The topological polar surface area (TPSA) is 91.3 Å². The molecule has 0 aliphatic carbocycles. The maximum atomic E-state index is 5.28. The molecule has 3 heterocycles. The zero-order valence-corrected chi connectivity index (χ0v) is 20.8. The Hall–Kier alpha value is -4.40. The predicted molar refractivity (Wildman–Crippen MR) is 144 cm³/mol. The summed E-state index contributed by atoms with van der Waals surface area (Å²) < 4.78 is 5.28. The van der Waals surface area contributed by atoms with Gasteiger partial charge in [-0.05, 0) is 61.4 Å². The summed E-state index contributed by atoms with van der Waals surface area (Å²) in [7, 11) is 1.66. The molecule has 1 aliphatic rings. The van der Waals surface area contributed by atoms with E-state index in [4.69, 9.17) is 14.7 Å². The normalized spacial score (nSPS) is 13.4. The maximum absolute atomic E-state index is 5.28. The highest BCUT2D eigenvalue weighted by molar-refractivity contribution is 5.66. The van der Waals surface area contributed by atoms with E-state index in [2.05, 4.69) is 62.4 Å². The van der Waals surface area contributed by atoms with Gasteiger partial charge in [0.15, 0.2) is 0 Å². The molecular formula is C27H30N8O. The number of piperazine rings is 1. The standard InChI is InChI=1S/C27H30N8O/c1-19-5-6-20(2)23(17-19)31-24-18-25(33-26(32-24)30-21-7-9-22(36-3)10-8-21)34-13-15-35(16-14-34)27-28-11-4-12-29-27/h4-12,17-18H,13-16H2,1-3H3,(H2,30,31,32,33). The Kier molecular flexibility index (Phi) is 6.79. The van der Waals surface area contributed by atoms with Crippen molar-refractivity contribution < 1.29 is 4.74 Å². The van der Waals surface area contributed by atoms with Crippen LogP contribution in [0.3, 0.4) is 0 Å². The minimum atomic E-state index is 0.527. The smallest absolute Gasteiger partial charge is 0.231 e. The van der Waals surface area contributed by atoms with Crippen LogP contribution in [-0.2, 0) is 0 Å². The molecule has 0 unspecified atom stereocenters. The molecule has 4 aromatic rings. The molecule has 1 fully saturated rings. The summed E-state index contributed by atoms with van der Waals surface area (Å²) in [6, 6.07) is 17.9. The lowest BCUT2D eigenvalue weighted by Crippen LogP contribution is -2.47. The van der Waals surface area contributed by atoms with Gasteiger partial charge in [-0.15, -0.1) is 0 Å². The molecule has 36 heavy (non-hydrogen) atoms. The predicted octanol–water partition coefficient (Wildman–Crippen LogP) is 4.71. The molecule has 0 bridgehead atoms. The molecule has 2 N–H and O–H groups in total. The van der Waals surface area contributed by atoms with Gasteiger partial charge >= 0.3 is 0 Å². The molecule has 1 saturated heterocycles. The van der Waals surface area contributed by atoms with Gasteiger partial charge in [-0.3, -0.25) is 0 Å². The molecule has 2 aromatic carbocycles. The first kappa shape index (κ1) is 23.3. The number of hydrogen-bond donors (Lipinski definition) is 2. The van der Waals surface area contributed by atoms with Crippen LogP contribution in [0.25, 0.3) is 0 Å². The molecule has 9 nitrogen and oxygen atoms in total. The van der Waals surface area contributed by atoms with Crippen molar-refractivity contribution in [3.63, 3.8) is 0 Å². The largest absolute Gasteiger partial charge is 0.497 e. The number of benzene rings is 2. The monoisotopic (exact) mass is 482 g/mol. The van der Waals surface area contributed by atoms with Crippen LogP contribution in [0.5, 0.6) is 5.75 Å². The number of nitrogens with zero attached hydrogens (tertiary/aromatic N) is 6. The molecule has 184 valence electrons. The van der Waals surface area contributed by atoms with Crippen molar-refractivity contribution in [2.45, 2.75) is 13.8 Å². The summed E-state index contributed by atoms with van der Waals surface area (Å²) >= 11 is 0. The van der Waals surface area contributed by atoms with Gasteiger partial charge < -0.3 is 25.2 Å². The highest BCUT2D eigenvalue weighted by atomic mass is 16.5. The van der Waals surface area contributed by atoms with Crippen LogP contribution < -0.4 is 25.2 Å². The van der Waals surface area contributed by atoms with E-state index in [1.165, 1.54) is 5.56 Å². The molecule has 2 aromatic heterocycles. The van der Waals surface area contributed by atoms with Crippen LogP contribution in [0, 0.1) is 13.8 Å². The SMILES string of the molecule is COc1ccc(Nc2nc(Nc3cc(C)ccc3C)cc(N3CCN(c4ncccn4)CC3)n2)cc1. The Morgan fingerprint density at radius 1 is 0.806 bits per heavy atom. The summed E-state index contributed by atoms with van der Waals surface area (Å²) in [6.45, 7) is 7.41. The highest BCUT2D eigenvalue weighted by Crippen LogP contribution is 2.27. The van der Waals surface area contributed by atoms with Crippen LogP contribution in [0.15, 0.2) is 67.0 Å². The Morgan fingerprint density at radius 2 is 1.53 bits per heavy atom. The third-order valence-electron chi connectivity index (χ3n) is 6.15. The first-order valence-corrected chi connectivity index (χ1v) is 12.0. The van der Waals surface area contributed by atoms with E-state index in [-0.39, 0.29) is 0 Å². The number of rotatable bonds is 7. The fourth-order valence-electron chi connectivity index (χ4n) is 4.12. The number of aromatic nitrogens is 4. The molecule has 1 aliphatic heterocycles. The minimum absolute atomic E-state index is 0.527. The quantitative estimate of drug-likeness (QED) is 0.389. The van der Waals surface area contributed by atoms with Crippen LogP contribution >= 0.6 is 0 Å². The summed E-state index contributed by atoms with van der Waals surface area (Å²) in [4.78, 5) is 22.9. The second-order valence-electron chi connectivity index (χ2n) is 8.75. The van der Waals surface area contributed by atoms with Gasteiger partial charge in [-0.25, -0.2) is 9.97 Å². The summed E-state index contributed by atoms with van der Waals surface area (Å²) in [5.74, 6) is 3.69. The second kappa shape index (κ2) is 10.5. The average Bonchev–Trinajstić information content (AvgIpc) is 2.92. The lowest BCUT2D eigenvalue weighted by atomic mass is 10.1. The highest BCUT2D eigenvalue weighted by Gasteiger charge is 2.21. The summed E-state index contributed by atoms with van der Waals surface area (Å²) in [5, 5.41) is 6.85. The molecule has 0 amide bonds. The number of methoxy groups -OCH3 is 1. The van der Waals surface area contributed by atoms with Gasteiger partial charge in [0.05, 0.1) is 7.11 Å². The minimum Gasteiger partial charge on any atom is -0.497 e. The first-order valence-electron chi connectivity index (χ1n) is 12.0. The van der Waals surface area contributed by atoms with E-state index in [0.717, 1.165) is 66.5 Å². The third kappa shape index (κ3) is 5.46. The number of aryl methyl sites for hydroxylation is 2. The fourth-order valence-corrected chi connectivity index (χ4v) is 4.12. The van der Waals surface area contributed by atoms with E-state index < -0.39 is 0 Å². The van der Waals surface area contributed by atoms with Gasteiger partial charge in [-0.2, -0.15) is 9.97 Å². The van der Waals surface area contributed by atoms with Crippen LogP contribution in [0.2, 0.25) is 0 Å². The average molecular weight is 483 g/mol. The van der Waals surface area contributed by atoms with Crippen molar-refractivity contribution in [2.75, 3.05) is 53.7 Å².